The number of aliphatic hydroxyl groups is 1. The third-order valence-electron chi connectivity index (χ3n) is 6.63. The number of hydrogen-bond donors (Lipinski definition) is 1. The predicted molar refractivity (Wildman–Crippen MR) is 140 cm³/mol. The van der Waals surface area contributed by atoms with E-state index in [1.54, 1.807) is 43.5 Å². The maximum absolute atomic E-state index is 13.4. The van der Waals surface area contributed by atoms with E-state index in [1.165, 1.54) is 4.90 Å². The van der Waals surface area contributed by atoms with Crippen molar-refractivity contribution in [2.24, 2.45) is 0 Å². The Morgan fingerprint density at radius 2 is 1.86 bits per heavy atom. The monoisotopic (exact) mass is 499 g/mol. The highest BCUT2D eigenvalue weighted by Crippen LogP contribution is 2.43. The van der Waals surface area contributed by atoms with E-state index in [0.29, 0.717) is 41.5 Å². The zero-order chi connectivity index (χ0) is 25.9. The van der Waals surface area contributed by atoms with E-state index < -0.39 is 17.7 Å². The number of ketones is 1. The number of benzene rings is 3. The van der Waals surface area contributed by atoms with E-state index in [2.05, 4.69) is 0 Å². The SMILES string of the molecule is CCCOc1ccc(C2/C(=C(/O)c3ccc4c(c3)CCCO4)C(=O)C(=O)N2c2cccc(OC)c2)cc1. The second kappa shape index (κ2) is 10.4. The van der Waals surface area contributed by atoms with Crippen molar-refractivity contribution < 1.29 is 28.9 Å². The molecule has 1 amide bonds. The first kappa shape index (κ1) is 24.4. The molecule has 1 unspecified atom stereocenters. The van der Waals surface area contributed by atoms with Crippen LogP contribution in [0.4, 0.5) is 5.69 Å². The maximum Gasteiger partial charge on any atom is 0.300 e. The van der Waals surface area contributed by atoms with Gasteiger partial charge in [-0.1, -0.05) is 25.1 Å². The van der Waals surface area contributed by atoms with Crippen molar-refractivity contribution in [2.45, 2.75) is 32.2 Å². The number of nitrogens with zero attached hydrogens (tertiary/aromatic N) is 1. The highest BCUT2D eigenvalue weighted by molar-refractivity contribution is 6.51. The van der Waals surface area contributed by atoms with Gasteiger partial charge in [0, 0.05) is 17.3 Å². The topological polar surface area (TPSA) is 85.3 Å². The number of fused-ring (bicyclic) bond motifs is 1. The van der Waals surface area contributed by atoms with Gasteiger partial charge in [-0.2, -0.15) is 0 Å². The standard InChI is InChI=1S/C30H29NO6/c1-3-15-36-23-12-9-19(10-13-23)27-26(28(32)21-11-14-25-20(17-21)6-5-16-37-25)29(33)30(34)31(27)22-7-4-8-24(18-22)35-2/h4,7-14,17-18,27,32H,3,5-6,15-16H2,1-2H3/b28-26-. The molecule has 2 aliphatic rings. The molecule has 0 aliphatic carbocycles. The highest BCUT2D eigenvalue weighted by atomic mass is 16.5. The molecule has 1 atom stereocenters. The molecule has 0 saturated carbocycles. The Balaban J connectivity index is 1.64. The van der Waals surface area contributed by atoms with Crippen LogP contribution in [0.25, 0.3) is 5.76 Å². The first-order valence-electron chi connectivity index (χ1n) is 12.5. The average molecular weight is 500 g/mol. The minimum Gasteiger partial charge on any atom is -0.507 e. The Morgan fingerprint density at radius 1 is 1.05 bits per heavy atom. The Morgan fingerprint density at radius 3 is 2.62 bits per heavy atom. The lowest BCUT2D eigenvalue weighted by atomic mass is 9.93. The number of carbonyl (C=O) groups is 2. The zero-order valence-electron chi connectivity index (χ0n) is 20.9. The van der Waals surface area contributed by atoms with Gasteiger partial charge in [0.05, 0.1) is 31.9 Å². The van der Waals surface area contributed by atoms with Crippen LogP contribution in [0.2, 0.25) is 0 Å². The van der Waals surface area contributed by atoms with Gasteiger partial charge >= 0.3 is 0 Å². The summed E-state index contributed by atoms with van der Waals surface area (Å²) in [5.74, 6) is 0.347. The van der Waals surface area contributed by atoms with E-state index in [0.717, 1.165) is 30.6 Å². The summed E-state index contributed by atoms with van der Waals surface area (Å²) in [5, 5.41) is 11.5. The summed E-state index contributed by atoms with van der Waals surface area (Å²) < 4.78 is 16.8. The van der Waals surface area contributed by atoms with Gasteiger partial charge in [0.25, 0.3) is 11.7 Å². The summed E-state index contributed by atoms with van der Waals surface area (Å²) in [6.07, 6.45) is 2.57. The Hall–Kier alpha value is -4.26. The van der Waals surface area contributed by atoms with Crippen LogP contribution in [0.5, 0.6) is 17.2 Å². The van der Waals surface area contributed by atoms with Gasteiger partial charge in [-0.05, 0) is 72.9 Å². The number of carbonyl (C=O) groups excluding carboxylic acids is 2. The lowest BCUT2D eigenvalue weighted by Crippen LogP contribution is -2.29. The molecule has 3 aromatic rings. The minimum absolute atomic E-state index is 0.0340. The van der Waals surface area contributed by atoms with Gasteiger partial charge in [-0.15, -0.1) is 0 Å². The van der Waals surface area contributed by atoms with Crippen molar-refractivity contribution in [2.75, 3.05) is 25.2 Å². The van der Waals surface area contributed by atoms with E-state index in [4.69, 9.17) is 14.2 Å². The molecule has 0 aromatic heterocycles. The molecule has 2 aliphatic heterocycles. The van der Waals surface area contributed by atoms with Crippen molar-refractivity contribution in [3.8, 4) is 17.2 Å². The fourth-order valence-electron chi connectivity index (χ4n) is 4.80. The molecule has 7 heteroatoms. The van der Waals surface area contributed by atoms with Crippen LogP contribution in [0, 0.1) is 0 Å². The van der Waals surface area contributed by atoms with E-state index >= 15 is 0 Å². The fraction of sp³-hybridized carbons (Fsp3) is 0.267. The number of methoxy groups -OCH3 is 1. The molecule has 190 valence electrons. The number of rotatable bonds is 7. The highest BCUT2D eigenvalue weighted by Gasteiger charge is 2.47. The number of hydrogen-bond acceptors (Lipinski definition) is 6. The fourth-order valence-corrected chi connectivity index (χ4v) is 4.80. The third kappa shape index (κ3) is 4.65. The van der Waals surface area contributed by atoms with Crippen molar-refractivity contribution in [1.29, 1.82) is 0 Å². The van der Waals surface area contributed by atoms with Crippen LogP contribution in [0.15, 0.2) is 72.3 Å². The van der Waals surface area contributed by atoms with Gasteiger partial charge in [0.15, 0.2) is 0 Å². The second-order valence-electron chi connectivity index (χ2n) is 9.06. The molecular formula is C30H29NO6. The summed E-state index contributed by atoms with van der Waals surface area (Å²) in [5.41, 5.74) is 2.64. The van der Waals surface area contributed by atoms with Crippen molar-refractivity contribution in [3.05, 3.63) is 89.0 Å². The molecule has 1 fully saturated rings. The molecule has 1 N–H and O–H groups in total. The number of aliphatic hydroxyl groups excluding tert-OH is 1. The smallest absolute Gasteiger partial charge is 0.300 e. The summed E-state index contributed by atoms with van der Waals surface area (Å²) >= 11 is 0. The van der Waals surface area contributed by atoms with E-state index in [1.807, 2.05) is 37.3 Å². The van der Waals surface area contributed by atoms with Crippen LogP contribution in [0.1, 0.15) is 42.5 Å². The van der Waals surface area contributed by atoms with Gasteiger partial charge in [-0.3, -0.25) is 14.5 Å². The van der Waals surface area contributed by atoms with Crippen molar-refractivity contribution >= 4 is 23.1 Å². The number of amides is 1. The molecule has 7 nitrogen and oxygen atoms in total. The normalized spacial score (nSPS) is 18.3. The molecule has 0 spiro atoms. The van der Waals surface area contributed by atoms with Crippen LogP contribution in [-0.2, 0) is 16.0 Å². The number of anilines is 1. The third-order valence-corrected chi connectivity index (χ3v) is 6.63. The first-order valence-corrected chi connectivity index (χ1v) is 12.5. The molecule has 0 radical (unpaired) electrons. The summed E-state index contributed by atoms with van der Waals surface area (Å²) in [6, 6.07) is 18.8. The average Bonchev–Trinajstić information content (AvgIpc) is 3.21. The molecular weight excluding hydrogens is 470 g/mol. The number of Topliss-reactive ketones (excluding diaryl/α,β-unsaturated/α-hetero) is 1. The molecule has 3 aromatic carbocycles. The second-order valence-corrected chi connectivity index (χ2v) is 9.06. The van der Waals surface area contributed by atoms with Crippen LogP contribution >= 0.6 is 0 Å². The van der Waals surface area contributed by atoms with Crippen molar-refractivity contribution in [1.82, 2.24) is 0 Å². The lowest BCUT2D eigenvalue weighted by Gasteiger charge is -2.26. The lowest BCUT2D eigenvalue weighted by molar-refractivity contribution is -0.132. The van der Waals surface area contributed by atoms with E-state index in [-0.39, 0.29) is 11.3 Å². The minimum atomic E-state index is -0.834. The number of aryl methyl sites for hydroxylation is 1. The Kier molecular flexibility index (Phi) is 6.86. The molecule has 0 bridgehead atoms. The quantitative estimate of drug-likeness (QED) is 0.265. The molecule has 1 saturated heterocycles. The van der Waals surface area contributed by atoms with Crippen LogP contribution < -0.4 is 19.1 Å². The maximum atomic E-state index is 13.4. The molecule has 37 heavy (non-hydrogen) atoms. The first-order chi connectivity index (χ1) is 18.0. The van der Waals surface area contributed by atoms with Crippen LogP contribution in [-0.4, -0.2) is 37.1 Å². The van der Waals surface area contributed by atoms with Gasteiger partial charge in [0.1, 0.15) is 23.0 Å². The van der Waals surface area contributed by atoms with Crippen LogP contribution in [0.3, 0.4) is 0 Å². The number of ether oxygens (including phenoxy) is 3. The Bertz CT molecular complexity index is 1360. The zero-order valence-corrected chi connectivity index (χ0v) is 20.9. The Labute approximate surface area is 215 Å². The van der Waals surface area contributed by atoms with Gasteiger partial charge in [-0.25, -0.2) is 0 Å². The van der Waals surface area contributed by atoms with Gasteiger partial charge < -0.3 is 19.3 Å². The molecule has 5 rings (SSSR count). The van der Waals surface area contributed by atoms with E-state index in [9.17, 15) is 14.7 Å². The van der Waals surface area contributed by atoms with Crippen molar-refractivity contribution in [3.63, 3.8) is 0 Å². The summed E-state index contributed by atoms with van der Waals surface area (Å²) in [4.78, 5) is 28.3. The largest absolute Gasteiger partial charge is 0.507 e. The summed E-state index contributed by atoms with van der Waals surface area (Å²) in [7, 11) is 1.54. The van der Waals surface area contributed by atoms with Gasteiger partial charge in [0.2, 0.25) is 0 Å². The predicted octanol–water partition coefficient (Wildman–Crippen LogP) is 5.44. The molecule has 2 heterocycles. The summed E-state index contributed by atoms with van der Waals surface area (Å²) in [6.45, 7) is 3.27.